The Morgan fingerprint density at radius 3 is 2.50 bits per heavy atom. The fourth-order valence-electron chi connectivity index (χ4n) is 1.54. The molecule has 1 rings (SSSR count). The van der Waals surface area contributed by atoms with Crippen molar-refractivity contribution in [1.82, 2.24) is 16.0 Å². The summed E-state index contributed by atoms with van der Waals surface area (Å²) in [4.78, 5) is 22.4. The van der Waals surface area contributed by atoms with E-state index in [0.29, 0.717) is 0 Å². The molecule has 3 N–H and O–H groups in total. The molecule has 0 radical (unpaired) electrons. The quantitative estimate of drug-likeness (QED) is 0.712. The molecule has 0 aromatic heterocycles. The summed E-state index contributed by atoms with van der Waals surface area (Å²) in [5.41, 5.74) is 0.269. The Morgan fingerprint density at radius 2 is 1.90 bits per heavy atom. The molecule has 0 heterocycles. The second-order valence-electron chi connectivity index (χ2n) is 4.22. The van der Waals surface area contributed by atoms with E-state index >= 15 is 0 Å². The molecule has 20 heavy (non-hydrogen) atoms. The Kier molecular flexibility index (Phi) is 6.05. The monoisotopic (exact) mass is 285 g/mol. The van der Waals surface area contributed by atoms with Gasteiger partial charge < -0.3 is 16.0 Å². The minimum absolute atomic E-state index is 0.0744. The predicted molar refractivity (Wildman–Crippen MR) is 69.9 cm³/mol. The average molecular weight is 285 g/mol. The van der Waals surface area contributed by atoms with Gasteiger partial charge in [0, 0.05) is 24.7 Å². The molecule has 1 aromatic rings. The first-order valence-corrected chi connectivity index (χ1v) is 6.09. The normalized spacial score (nSPS) is 11.8. The number of carbonyl (C=O) groups is 2. The van der Waals surface area contributed by atoms with E-state index in [0.717, 1.165) is 12.1 Å². The maximum absolute atomic E-state index is 13.5. The number of rotatable bonds is 6. The van der Waals surface area contributed by atoms with Crippen molar-refractivity contribution in [3.05, 3.63) is 35.4 Å². The number of benzene rings is 1. The lowest BCUT2D eigenvalue weighted by atomic mass is 10.1. The Balaban J connectivity index is 2.44. The molecular weight excluding hydrogens is 268 g/mol. The van der Waals surface area contributed by atoms with Crippen LogP contribution in [0.5, 0.6) is 0 Å². The summed E-state index contributed by atoms with van der Waals surface area (Å²) in [6.45, 7) is 1.47. The maximum atomic E-state index is 13.5. The predicted octanol–water partition coefficient (Wildman–Crippen LogP) is 0.478. The fourth-order valence-corrected chi connectivity index (χ4v) is 1.54. The first-order chi connectivity index (χ1) is 9.43. The molecule has 0 aliphatic heterocycles. The van der Waals surface area contributed by atoms with Crippen molar-refractivity contribution in [2.24, 2.45) is 0 Å². The van der Waals surface area contributed by atoms with Gasteiger partial charge in [0.05, 0.1) is 13.1 Å². The zero-order chi connectivity index (χ0) is 15.1. The average Bonchev–Trinajstić information content (AvgIpc) is 2.42. The molecule has 0 spiro atoms. The van der Waals surface area contributed by atoms with Crippen LogP contribution in [0.2, 0.25) is 0 Å². The van der Waals surface area contributed by atoms with E-state index in [1.807, 2.05) is 0 Å². The van der Waals surface area contributed by atoms with Crippen molar-refractivity contribution < 1.29 is 18.4 Å². The molecule has 0 fully saturated rings. The van der Waals surface area contributed by atoms with Crippen LogP contribution in [-0.4, -0.2) is 32.0 Å². The molecule has 110 valence electrons. The van der Waals surface area contributed by atoms with Gasteiger partial charge in [-0.05, 0) is 13.0 Å². The van der Waals surface area contributed by atoms with Crippen LogP contribution < -0.4 is 16.0 Å². The van der Waals surface area contributed by atoms with Crippen LogP contribution in [0.15, 0.2) is 18.2 Å². The minimum atomic E-state index is -0.671. The molecular formula is C13H17F2N3O2. The van der Waals surface area contributed by atoms with E-state index in [9.17, 15) is 18.4 Å². The number of hydrogen-bond acceptors (Lipinski definition) is 3. The molecule has 0 saturated carbocycles. The van der Waals surface area contributed by atoms with Crippen LogP contribution in [0.25, 0.3) is 0 Å². The van der Waals surface area contributed by atoms with Gasteiger partial charge in [0.25, 0.3) is 0 Å². The van der Waals surface area contributed by atoms with Crippen molar-refractivity contribution in [1.29, 1.82) is 0 Å². The van der Waals surface area contributed by atoms with Crippen molar-refractivity contribution >= 4 is 11.8 Å². The van der Waals surface area contributed by atoms with E-state index in [2.05, 4.69) is 16.0 Å². The molecule has 2 amide bonds. The van der Waals surface area contributed by atoms with Gasteiger partial charge in [0.1, 0.15) is 11.6 Å². The van der Waals surface area contributed by atoms with Crippen LogP contribution in [0.3, 0.4) is 0 Å². The van der Waals surface area contributed by atoms with E-state index in [1.165, 1.54) is 13.1 Å². The molecule has 1 atom stereocenters. The number of hydrogen-bond donors (Lipinski definition) is 3. The smallest absolute Gasteiger partial charge is 0.239 e. The molecule has 5 nitrogen and oxygen atoms in total. The molecule has 1 aromatic carbocycles. The molecule has 7 heteroatoms. The van der Waals surface area contributed by atoms with Crippen molar-refractivity contribution in [3.8, 4) is 0 Å². The first kappa shape index (κ1) is 16.0. The number of carbonyl (C=O) groups excluding carboxylic acids is 2. The zero-order valence-corrected chi connectivity index (χ0v) is 11.3. The van der Waals surface area contributed by atoms with E-state index in [4.69, 9.17) is 0 Å². The third-order valence-electron chi connectivity index (χ3n) is 2.72. The number of halogens is 2. The molecule has 0 aliphatic rings. The number of nitrogens with one attached hydrogen (secondary N) is 3. The van der Waals surface area contributed by atoms with Crippen LogP contribution in [-0.2, 0) is 9.59 Å². The van der Waals surface area contributed by atoms with Crippen LogP contribution in [0.1, 0.15) is 18.5 Å². The lowest BCUT2D eigenvalue weighted by Gasteiger charge is -2.14. The Hall–Kier alpha value is -2.02. The highest BCUT2D eigenvalue weighted by Crippen LogP contribution is 2.17. The van der Waals surface area contributed by atoms with Gasteiger partial charge in [-0.25, -0.2) is 8.78 Å². The highest BCUT2D eigenvalue weighted by molar-refractivity contribution is 5.85. The zero-order valence-electron chi connectivity index (χ0n) is 11.3. The molecule has 0 unspecified atom stereocenters. The van der Waals surface area contributed by atoms with E-state index in [-0.39, 0.29) is 30.5 Å². The first-order valence-electron chi connectivity index (χ1n) is 6.09. The van der Waals surface area contributed by atoms with Crippen LogP contribution >= 0.6 is 0 Å². The van der Waals surface area contributed by atoms with Crippen molar-refractivity contribution in [2.75, 3.05) is 20.1 Å². The highest BCUT2D eigenvalue weighted by atomic mass is 19.1. The van der Waals surface area contributed by atoms with Gasteiger partial charge in [-0.1, -0.05) is 6.07 Å². The van der Waals surface area contributed by atoms with Crippen molar-refractivity contribution in [3.63, 3.8) is 0 Å². The summed E-state index contributed by atoms with van der Waals surface area (Å²) in [5.74, 6) is -2.02. The Morgan fingerprint density at radius 1 is 1.20 bits per heavy atom. The summed E-state index contributed by atoms with van der Waals surface area (Å²) in [6, 6.07) is 2.81. The Labute approximate surface area is 115 Å². The van der Waals surface area contributed by atoms with Gasteiger partial charge in [-0.15, -0.1) is 0 Å². The van der Waals surface area contributed by atoms with Crippen LogP contribution in [0, 0.1) is 11.6 Å². The van der Waals surface area contributed by atoms with Gasteiger partial charge in [-0.3, -0.25) is 9.59 Å². The standard InChI is InChI=1S/C13H17F2N3O2/c1-8(10-4-3-9(14)5-11(10)15)17-7-13(20)18-6-12(19)16-2/h3-5,8,17H,6-7H2,1-2H3,(H,16,19)(H,18,20)/t8-/m0/s1. The lowest BCUT2D eigenvalue weighted by Crippen LogP contribution is -2.40. The van der Waals surface area contributed by atoms with Gasteiger partial charge in [0.2, 0.25) is 11.8 Å². The maximum Gasteiger partial charge on any atom is 0.239 e. The number of likely N-dealkylation sites (N-methyl/N-ethyl adjacent to an activating group) is 1. The minimum Gasteiger partial charge on any atom is -0.358 e. The van der Waals surface area contributed by atoms with Crippen LogP contribution in [0.4, 0.5) is 8.78 Å². The van der Waals surface area contributed by atoms with E-state index in [1.54, 1.807) is 6.92 Å². The molecule has 0 bridgehead atoms. The molecule has 0 aliphatic carbocycles. The second kappa shape index (κ2) is 7.54. The summed E-state index contributed by atoms with van der Waals surface area (Å²) in [6.07, 6.45) is 0. The summed E-state index contributed by atoms with van der Waals surface area (Å²) in [7, 11) is 1.46. The van der Waals surface area contributed by atoms with Gasteiger partial charge in [-0.2, -0.15) is 0 Å². The number of amides is 2. The van der Waals surface area contributed by atoms with Crippen molar-refractivity contribution in [2.45, 2.75) is 13.0 Å². The second-order valence-corrected chi connectivity index (χ2v) is 4.22. The topological polar surface area (TPSA) is 70.2 Å². The highest BCUT2D eigenvalue weighted by Gasteiger charge is 2.12. The van der Waals surface area contributed by atoms with Gasteiger partial charge in [0.15, 0.2) is 0 Å². The van der Waals surface area contributed by atoms with Gasteiger partial charge >= 0.3 is 0 Å². The third kappa shape index (κ3) is 4.93. The lowest BCUT2D eigenvalue weighted by molar-refractivity contribution is -0.125. The van der Waals surface area contributed by atoms with E-state index < -0.39 is 17.7 Å². The third-order valence-corrected chi connectivity index (χ3v) is 2.72. The summed E-state index contributed by atoms with van der Waals surface area (Å²) in [5, 5.41) is 7.56. The molecule has 0 saturated heterocycles. The fraction of sp³-hybridized carbons (Fsp3) is 0.385. The summed E-state index contributed by atoms with van der Waals surface area (Å²) >= 11 is 0. The largest absolute Gasteiger partial charge is 0.358 e. The SMILES string of the molecule is CNC(=O)CNC(=O)CN[C@@H](C)c1ccc(F)cc1F. The summed E-state index contributed by atoms with van der Waals surface area (Å²) < 4.78 is 26.3. The Bertz CT molecular complexity index is 495.